The maximum absolute atomic E-state index is 10.5. The molecule has 0 unspecified atom stereocenters. The summed E-state index contributed by atoms with van der Waals surface area (Å²) in [5.41, 5.74) is 0.542. The largest absolute Gasteiger partial charge is 2.00 e. The third-order valence-corrected chi connectivity index (χ3v) is 4.86. The molecule has 0 saturated carbocycles. The van der Waals surface area contributed by atoms with Crippen LogP contribution < -0.4 is 10.2 Å². The Morgan fingerprint density at radius 3 is 1.44 bits per heavy atom. The second-order valence-corrected chi connectivity index (χ2v) is 7.36. The molecule has 0 amide bonds. The van der Waals surface area contributed by atoms with Gasteiger partial charge in [0.25, 0.3) is 0 Å². The molecule has 11 nitrogen and oxygen atoms in total. The Kier molecular flexibility index (Phi) is 10.7. The van der Waals surface area contributed by atoms with Gasteiger partial charge in [0, 0.05) is 17.0 Å². The first kappa shape index (κ1) is 30.0. The molecular formula is C27H17CuN3O8. The van der Waals surface area contributed by atoms with Crippen LogP contribution in [0, 0.1) is 0 Å². The number of fused-ring (bicyclic) bond motifs is 2. The Morgan fingerprint density at radius 2 is 1.05 bits per heavy atom. The van der Waals surface area contributed by atoms with E-state index in [-0.39, 0.29) is 34.0 Å². The first-order valence-electron chi connectivity index (χ1n) is 10.7. The SMILES string of the molecule is O=C(O)c1cccnc1C(=O)O.O=C([O-])c1ccc2ccccc2n1.O=C([O-])c1ccc2ccccc2n1.[Cu+2]. The molecule has 5 rings (SSSR count). The zero-order valence-corrected chi connectivity index (χ0v) is 20.6. The topological polar surface area (TPSA) is 194 Å². The van der Waals surface area contributed by atoms with Crippen LogP contribution in [0.2, 0.25) is 0 Å². The van der Waals surface area contributed by atoms with E-state index < -0.39 is 29.6 Å². The fourth-order valence-electron chi connectivity index (χ4n) is 3.11. The van der Waals surface area contributed by atoms with Crippen molar-refractivity contribution in [2.75, 3.05) is 0 Å². The van der Waals surface area contributed by atoms with Crippen molar-refractivity contribution in [2.24, 2.45) is 0 Å². The van der Waals surface area contributed by atoms with E-state index in [0.29, 0.717) is 11.0 Å². The van der Waals surface area contributed by atoms with E-state index in [9.17, 15) is 29.4 Å². The minimum atomic E-state index is -1.34. The van der Waals surface area contributed by atoms with Crippen molar-refractivity contribution in [3.8, 4) is 0 Å². The Labute approximate surface area is 230 Å². The van der Waals surface area contributed by atoms with E-state index >= 15 is 0 Å². The Bertz CT molecular complexity index is 1540. The van der Waals surface area contributed by atoms with Gasteiger partial charge in [-0.25, -0.2) is 24.5 Å². The number of carbonyl (C=O) groups excluding carboxylic acids is 2. The maximum atomic E-state index is 10.5. The fraction of sp³-hybridized carbons (Fsp3) is 0. The summed E-state index contributed by atoms with van der Waals surface area (Å²) in [6.45, 7) is 0. The zero-order valence-electron chi connectivity index (χ0n) is 19.6. The smallest absolute Gasteiger partial charge is 0.543 e. The number of carboxylic acids is 4. The average Bonchev–Trinajstić information content (AvgIpc) is 2.93. The number of carboxylic acid groups (broad SMARTS) is 4. The van der Waals surface area contributed by atoms with Gasteiger partial charge >= 0.3 is 29.0 Å². The molecule has 199 valence electrons. The summed E-state index contributed by atoms with van der Waals surface area (Å²) in [6, 6.07) is 23.5. The van der Waals surface area contributed by atoms with Gasteiger partial charge in [-0.15, -0.1) is 0 Å². The molecule has 0 fully saturated rings. The van der Waals surface area contributed by atoms with Gasteiger partial charge in [0.15, 0.2) is 5.69 Å². The molecule has 39 heavy (non-hydrogen) atoms. The van der Waals surface area contributed by atoms with Crippen LogP contribution in [0.15, 0.2) is 91.1 Å². The van der Waals surface area contributed by atoms with Crippen molar-refractivity contribution in [1.29, 1.82) is 0 Å². The van der Waals surface area contributed by atoms with Gasteiger partial charge in [-0.2, -0.15) is 0 Å². The van der Waals surface area contributed by atoms with Crippen molar-refractivity contribution < 1.29 is 56.7 Å². The summed E-state index contributed by atoms with van der Waals surface area (Å²) in [6.07, 6.45) is 1.23. The Hall–Kier alpha value is -5.19. The number of aromatic nitrogens is 3. The molecule has 3 aromatic heterocycles. The van der Waals surface area contributed by atoms with Crippen molar-refractivity contribution >= 4 is 45.7 Å². The van der Waals surface area contributed by atoms with E-state index in [1.54, 1.807) is 24.3 Å². The van der Waals surface area contributed by atoms with Crippen LogP contribution in [0.25, 0.3) is 21.8 Å². The van der Waals surface area contributed by atoms with Crippen LogP contribution in [0.3, 0.4) is 0 Å². The van der Waals surface area contributed by atoms with E-state index in [1.165, 1.54) is 30.5 Å². The van der Waals surface area contributed by atoms with Gasteiger partial charge in [0.1, 0.15) is 0 Å². The molecule has 0 spiro atoms. The molecule has 2 aromatic carbocycles. The molecular weight excluding hydrogens is 558 g/mol. The second-order valence-electron chi connectivity index (χ2n) is 7.36. The van der Waals surface area contributed by atoms with Gasteiger partial charge in [-0.3, -0.25) is 0 Å². The van der Waals surface area contributed by atoms with Crippen molar-refractivity contribution in [1.82, 2.24) is 15.0 Å². The standard InChI is InChI=1S/2C10H7NO2.C7H5NO4.Cu/c2*12-10(13)9-6-5-7-3-1-2-4-8(7)11-9;9-6(10)4-2-1-3-8-5(4)7(11)12;/h2*1-6H,(H,12,13);1-3H,(H,9,10)(H,11,12);/q;;;+2/p-2. The van der Waals surface area contributed by atoms with Gasteiger partial charge in [0.2, 0.25) is 0 Å². The van der Waals surface area contributed by atoms with Crippen molar-refractivity contribution in [3.05, 3.63) is 114 Å². The van der Waals surface area contributed by atoms with Crippen LogP contribution in [0.5, 0.6) is 0 Å². The summed E-state index contributed by atoms with van der Waals surface area (Å²) in [5.74, 6) is -5.12. The number of hydrogen-bond acceptors (Lipinski definition) is 9. The Morgan fingerprint density at radius 1 is 0.590 bits per heavy atom. The van der Waals surface area contributed by atoms with E-state index in [0.717, 1.165) is 10.8 Å². The van der Waals surface area contributed by atoms with Crippen LogP contribution >= 0.6 is 0 Å². The zero-order chi connectivity index (χ0) is 27.7. The number of carbonyl (C=O) groups is 4. The van der Waals surface area contributed by atoms with Crippen LogP contribution in [-0.4, -0.2) is 49.0 Å². The molecule has 3 heterocycles. The molecule has 1 radical (unpaired) electrons. The average molecular weight is 575 g/mol. The third-order valence-electron chi connectivity index (χ3n) is 4.86. The van der Waals surface area contributed by atoms with Crippen molar-refractivity contribution in [3.63, 3.8) is 0 Å². The maximum Gasteiger partial charge on any atom is 2.00 e. The second kappa shape index (κ2) is 13.9. The monoisotopic (exact) mass is 574 g/mol. The number of hydrogen-bond donors (Lipinski definition) is 2. The molecule has 12 heteroatoms. The fourth-order valence-corrected chi connectivity index (χ4v) is 3.11. The summed E-state index contributed by atoms with van der Waals surface area (Å²) in [5, 5.41) is 39.8. The molecule has 2 N–H and O–H groups in total. The van der Waals surface area contributed by atoms with Crippen LogP contribution in [-0.2, 0) is 17.1 Å². The first-order chi connectivity index (χ1) is 18.2. The minimum absolute atomic E-state index is 0. The van der Waals surface area contributed by atoms with Gasteiger partial charge in [-0.05, 0) is 36.4 Å². The van der Waals surface area contributed by atoms with E-state index in [1.807, 2.05) is 36.4 Å². The van der Waals surface area contributed by atoms with E-state index in [4.69, 9.17) is 10.2 Å². The minimum Gasteiger partial charge on any atom is -0.543 e. The molecule has 0 aliphatic carbocycles. The molecule has 5 aromatic rings. The number of benzene rings is 2. The van der Waals surface area contributed by atoms with Gasteiger partial charge < -0.3 is 30.0 Å². The normalized spacial score (nSPS) is 9.64. The third kappa shape index (κ3) is 8.15. The summed E-state index contributed by atoms with van der Waals surface area (Å²) in [4.78, 5) is 53.0. The predicted octanol–water partition coefficient (Wildman–Crippen LogP) is 1.67. The van der Waals surface area contributed by atoms with E-state index in [2.05, 4.69) is 15.0 Å². The quantitative estimate of drug-likeness (QED) is 0.296. The van der Waals surface area contributed by atoms with Crippen LogP contribution in [0.4, 0.5) is 0 Å². The number of pyridine rings is 3. The first-order valence-corrected chi connectivity index (χ1v) is 10.7. The number of nitrogens with zero attached hydrogens (tertiary/aromatic N) is 3. The Balaban J connectivity index is 0.000000203. The number of para-hydroxylation sites is 2. The van der Waals surface area contributed by atoms with Gasteiger partial charge in [0.05, 0.1) is 39.9 Å². The van der Waals surface area contributed by atoms with Gasteiger partial charge in [-0.1, -0.05) is 48.5 Å². The number of rotatable bonds is 4. The molecule has 0 saturated heterocycles. The summed E-state index contributed by atoms with van der Waals surface area (Å²) < 4.78 is 0. The van der Waals surface area contributed by atoms with Crippen molar-refractivity contribution in [2.45, 2.75) is 0 Å². The predicted molar refractivity (Wildman–Crippen MR) is 130 cm³/mol. The summed E-state index contributed by atoms with van der Waals surface area (Å²) in [7, 11) is 0. The molecule has 0 aliphatic rings. The molecule has 0 bridgehead atoms. The molecule has 0 aliphatic heterocycles. The summed E-state index contributed by atoms with van der Waals surface area (Å²) >= 11 is 0. The molecule has 0 atom stereocenters. The van der Waals surface area contributed by atoms with Crippen LogP contribution in [0.1, 0.15) is 41.8 Å². The number of aromatic carboxylic acids is 4.